The summed E-state index contributed by atoms with van der Waals surface area (Å²) in [4.78, 5) is 12.6. The maximum atomic E-state index is 12.6. The largest absolute Gasteiger partial charge is 0.497 e. The highest BCUT2D eigenvalue weighted by Gasteiger charge is 2.22. The normalized spacial score (nSPS) is 13.3. The van der Waals surface area contributed by atoms with Crippen LogP contribution in [-0.2, 0) is 13.0 Å². The zero-order chi connectivity index (χ0) is 16.2. The summed E-state index contributed by atoms with van der Waals surface area (Å²) in [5.41, 5.74) is 2.92. The Hall–Kier alpha value is -2.54. The number of carbonyl (C=O) groups excluding carboxylic acids is 1. The molecule has 3 N–H and O–H groups in total. The topological polar surface area (TPSA) is 88.3 Å². The van der Waals surface area contributed by atoms with Gasteiger partial charge in [-0.2, -0.15) is 5.10 Å². The zero-order valence-corrected chi connectivity index (χ0v) is 13.2. The van der Waals surface area contributed by atoms with E-state index in [2.05, 4.69) is 20.8 Å². The first-order valence-electron chi connectivity index (χ1n) is 7.62. The Balaban J connectivity index is 1.86. The number of hydrogen-bond donors (Lipinski definition) is 3. The van der Waals surface area contributed by atoms with Crippen molar-refractivity contribution in [1.29, 1.82) is 0 Å². The second kappa shape index (κ2) is 6.70. The molecule has 0 atom stereocenters. The van der Waals surface area contributed by atoms with Crippen LogP contribution in [0.25, 0.3) is 0 Å². The third-order valence-electron chi connectivity index (χ3n) is 3.76. The number of aromatic nitrogens is 2. The summed E-state index contributed by atoms with van der Waals surface area (Å²) >= 11 is 0. The molecule has 1 amide bonds. The molecule has 3 rings (SSSR count). The number of rotatable bonds is 5. The zero-order valence-electron chi connectivity index (χ0n) is 13.2. The van der Waals surface area contributed by atoms with Crippen molar-refractivity contribution in [1.82, 2.24) is 15.5 Å². The van der Waals surface area contributed by atoms with Gasteiger partial charge in [0.15, 0.2) is 5.69 Å². The maximum absolute atomic E-state index is 12.6. The van der Waals surface area contributed by atoms with Crippen molar-refractivity contribution in [2.45, 2.75) is 19.9 Å². The molecule has 0 unspecified atom stereocenters. The molecule has 23 heavy (non-hydrogen) atoms. The van der Waals surface area contributed by atoms with Crippen molar-refractivity contribution >= 4 is 11.6 Å². The first-order valence-corrected chi connectivity index (χ1v) is 7.62. The van der Waals surface area contributed by atoms with Gasteiger partial charge in [0.05, 0.1) is 19.4 Å². The van der Waals surface area contributed by atoms with Crippen molar-refractivity contribution in [3.8, 4) is 11.5 Å². The van der Waals surface area contributed by atoms with Gasteiger partial charge in [0.2, 0.25) is 0 Å². The average Bonchev–Trinajstić information content (AvgIpc) is 3.00. The van der Waals surface area contributed by atoms with E-state index < -0.39 is 0 Å². The van der Waals surface area contributed by atoms with Crippen molar-refractivity contribution < 1.29 is 14.3 Å². The van der Waals surface area contributed by atoms with Gasteiger partial charge in [-0.05, 0) is 19.1 Å². The first kappa shape index (κ1) is 15.4. The molecule has 1 aromatic carbocycles. The van der Waals surface area contributed by atoms with Crippen molar-refractivity contribution in [2.75, 3.05) is 25.6 Å². The fourth-order valence-corrected chi connectivity index (χ4v) is 2.61. The molecular weight excluding hydrogens is 296 g/mol. The molecule has 1 aromatic heterocycles. The van der Waals surface area contributed by atoms with E-state index >= 15 is 0 Å². The number of benzene rings is 1. The number of aromatic amines is 1. The van der Waals surface area contributed by atoms with E-state index in [1.165, 1.54) is 0 Å². The lowest BCUT2D eigenvalue weighted by Gasteiger charge is -2.14. The minimum atomic E-state index is -0.264. The summed E-state index contributed by atoms with van der Waals surface area (Å²) in [6, 6.07) is 5.31. The van der Waals surface area contributed by atoms with Gasteiger partial charge >= 0.3 is 0 Å². The lowest BCUT2D eigenvalue weighted by molar-refractivity contribution is 0.102. The summed E-state index contributed by atoms with van der Waals surface area (Å²) in [6.45, 7) is 3.94. The molecular formula is C16H20N4O3. The van der Waals surface area contributed by atoms with E-state index in [-0.39, 0.29) is 5.91 Å². The van der Waals surface area contributed by atoms with Crippen LogP contribution in [0.1, 0.15) is 28.7 Å². The van der Waals surface area contributed by atoms with Crippen LogP contribution in [0.4, 0.5) is 5.69 Å². The Morgan fingerprint density at radius 2 is 2.30 bits per heavy atom. The average molecular weight is 316 g/mol. The Morgan fingerprint density at radius 3 is 3.09 bits per heavy atom. The van der Waals surface area contributed by atoms with Crippen LogP contribution < -0.4 is 20.1 Å². The fourth-order valence-electron chi connectivity index (χ4n) is 2.61. The monoisotopic (exact) mass is 316 g/mol. The predicted molar refractivity (Wildman–Crippen MR) is 86.1 cm³/mol. The third-order valence-corrected chi connectivity index (χ3v) is 3.76. The Labute approximate surface area is 134 Å². The third kappa shape index (κ3) is 3.14. The number of nitrogens with zero attached hydrogens (tertiary/aromatic N) is 1. The number of methoxy groups -OCH3 is 1. The smallest absolute Gasteiger partial charge is 0.276 e. The van der Waals surface area contributed by atoms with E-state index in [4.69, 9.17) is 9.47 Å². The minimum Gasteiger partial charge on any atom is -0.497 e. The minimum absolute atomic E-state index is 0.264. The molecule has 7 nitrogen and oxygen atoms in total. The highest BCUT2D eigenvalue weighted by molar-refractivity contribution is 6.05. The maximum Gasteiger partial charge on any atom is 0.276 e. The van der Waals surface area contributed by atoms with Gasteiger partial charge in [0.1, 0.15) is 11.5 Å². The quantitative estimate of drug-likeness (QED) is 0.781. The summed E-state index contributed by atoms with van der Waals surface area (Å²) in [7, 11) is 1.58. The molecule has 122 valence electrons. The summed E-state index contributed by atoms with van der Waals surface area (Å²) in [5, 5.41) is 13.2. The predicted octanol–water partition coefficient (Wildman–Crippen LogP) is 1.71. The second-order valence-corrected chi connectivity index (χ2v) is 5.21. The summed E-state index contributed by atoms with van der Waals surface area (Å²) in [5.74, 6) is 0.985. The number of amides is 1. The molecule has 1 aliphatic rings. The van der Waals surface area contributed by atoms with E-state index in [9.17, 15) is 4.79 Å². The number of H-pyrrole nitrogens is 1. The van der Waals surface area contributed by atoms with Gasteiger partial charge in [-0.3, -0.25) is 9.89 Å². The van der Waals surface area contributed by atoms with E-state index in [0.29, 0.717) is 36.0 Å². The van der Waals surface area contributed by atoms with Crippen molar-refractivity contribution in [2.24, 2.45) is 0 Å². The number of anilines is 1. The van der Waals surface area contributed by atoms with Crippen LogP contribution in [0.2, 0.25) is 0 Å². The van der Waals surface area contributed by atoms with Gasteiger partial charge in [-0.15, -0.1) is 0 Å². The first-order chi connectivity index (χ1) is 11.2. The molecule has 0 radical (unpaired) electrons. The van der Waals surface area contributed by atoms with Gasteiger partial charge in [0.25, 0.3) is 5.91 Å². The van der Waals surface area contributed by atoms with Gasteiger partial charge < -0.3 is 20.1 Å². The highest BCUT2D eigenvalue weighted by atomic mass is 16.5. The van der Waals surface area contributed by atoms with Crippen molar-refractivity contribution in [3.63, 3.8) is 0 Å². The number of hydrogen-bond acceptors (Lipinski definition) is 5. The lowest BCUT2D eigenvalue weighted by Crippen LogP contribution is -2.25. The molecule has 0 saturated carbocycles. The van der Waals surface area contributed by atoms with Crippen LogP contribution in [-0.4, -0.2) is 36.4 Å². The number of carbonyl (C=O) groups is 1. The molecule has 0 aliphatic carbocycles. The molecule has 2 heterocycles. The Bertz CT molecular complexity index is 711. The van der Waals surface area contributed by atoms with E-state index in [1.807, 2.05) is 6.92 Å². The summed E-state index contributed by atoms with van der Waals surface area (Å²) < 4.78 is 10.8. The highest BCUT2D eigenvalue weighted by Crippen LogP contribution is 2.30. The van der Waals surface area contributed by atoms with Crippen LogP contribution in [0, 0.1) is 0 Å². The van der Waals surface area contributed by atoms with Crippen LogP contribution in [0.15, 0.2) is 18.2 Å². The molecule has 1 aliphatic heterocycles. The Morgan fingerprint density at radius 1 is 1.43 bits per heavy atom. The fraction of sp³-hybridized carbons (Fsp3) is 0.375. The SMILES string of the molecule is CCOc1ccc(OC)cc1NC(=O)c1n[nH]c2c1CNCC2. The molecule has 0 fully saturated rings. The lowest BCUT2D eigenvalue weighted by atomic mass is 10.1. The van der Waals surface area contributed by atoms with Crippen LogP contribution in [0.5, 0.6) is 11.5 Å². The molecule has 2 aromatic rings. The molecule has 7 heteroatoms. The molecule has 0 bridgehead atoms. The number of nitrogens with one attached hydrogen (secondary N) is 3. The van der Waals surface area contributed by atoms with Crippen molar-refractivity contribution in [3.05, 3.63) is 35.2 Å². The number of ether oxygens (including phenoxy) is 2. The molecule has 0 spiro atoms. The van der Waals surface area contributed by atoms with Crippen LogP contribution in [0.3, 0.4) is 0 Å². The van der Waals surface area contributed by atoms with Gasteiger partial charge in [-0.25, -0.2) is 0 Å². The second-order valence-electron chi connectivity index (χ2n) is 5.21. The molecule has 0 saturated heterocycles. The van der Waals surface area contributed by atoms with E-state index in [1.54, 1.807) is 25.3 Å². The number of fused-ring (bicyclic) bond motifs is 1. The van der Waals surface area contributed by atoms with Gasteiger partial charge in [0, 0.05) is 36.8 Å². The standard InChI is InChI=1S/C16H20N4O3/c1-3-23-14-5-4-10(22-2)8-13(14)18-16(21)15-11-9-17-7-6-12(11)19-20-15/h4-5,8,17H,3,6-7,9H2,1-2H3,(H,18,21)(H,19,20). The van der Waals surface area contributed by atoms with E-state index in [0.717, 1.165) is 24.2 Å². The summed E-state index contributed by atoms with van der Waals surface area (Å²) in [6.07, 6.45) is 0.846. The van der Waals surface area contributed by atoms with Crippen LogP contribution >= 0.6 is 0 Å². The Kier molecular flexibility index (Phi) is 4.47. The van der Waals surface area contributed by atoms with Gasteiger partial charge in [-0.1, -0.05) is 0 Å².